The molecule has 0 saturated heterocycles. The van der Waals surface area contributed by atoms with Crippen LogP contribution in [-0.2, 0) is 0 Å². The number of aromatic nitrogens is 3. The molecule has 1 aliphatic rings. The van der Waals surface area contributed by atoms with Crippen LogP contribution in [0.15, 0.2) is 18.2 Å². The molecule has 0 amide bonds. The second-order valence-corrected chi connectivity index (χ2v) is 6.56. The predicted molar refractivity (Wildman–Crippen MR) is 80.9 cm³/mol. The van der Waals surface area contributed by atoms with Gasteiger partial charge in [0.2, 0.25) is 5.95 Å². The Morgan fingerprint density at radius 2 is 2.32 bits per heavy atom. The molecule has 2 heterocycles. The van der Waals surface area contributed by atoms with Gasteiger partial charge in [-0.05, 0) is 37.7 Å². The Morgan fingerprint density at radius 1 is 1.42 bits per heavy atom. The molecule has 1 fully saturated rings. The number of fused-ring (bicyclic) bond motifs is 1. The summed E-state index contributed by atoms with van der Waals surface area (Å²) in [5.41, 5.74) is 2.03. The summed E-state index contributed by atoms with van der Waals surface area (Å²) < 4.78 is 1.90. The summed E-state index contributed by atoms with van der Waals surface area (Å²) in [7, 11) is 0. The van der Waals surface area contributed by atoms with Gasteiger partial charge in [0.05, 0.1) is 0 Å². The highest BCUT2D eigenvalue weighted by Crippen LogP contribution is 2.31. The topological polar surface area (TPSA) is 42.2 Å². The molecule has 2 aromatic heterocycles. The summed E-state index contributed by atoms with van der Waals surface area (Å²) in [6.45, 7) is 4.28. The summed E-state index contributed by atoms with van der Waals surface area (Å²) in [5, 5.41) is 8.79. The Hall–Kier alpha value is -1.23. The van der Waals surface area contributed by atoms with E-state index in [9.17, 15) is 0 Å². The number of rotatable bonds is 4. The quantitative estimate of drug-likeness (QED) is 0.931. The molecule has 4 nitrogen and oxygen atoms in total. The van der Waals surface area contributed by atoms with Crippen LogP contribution in [0.25, 0.3) is 5.65 Å². The van der Waals surface area contributed by atoms with Gasteiger partial charge in [0, 0.05) is 17.0 Å². The molecule has 3 rings (SSSR count). The summed E-state index contributed by atoms with van der Waals surface area (Å²) >= 11 is 2.05. The maximum atomic E-state index is 4.56. The SMILES string of the molecule is CCSC1CCCC1Nc1nc2cccc(C)n2n1. The van der Waals surface area contributed by atoms with Gasteiger partial charge in [-0.25, -0.2) is 4.52 Å². The van der Waals surface area contributed by atoms with Crippen LogP contribution in [0, 0.1) is 6.92 Å². The van der Waals surface area contributed by atoms with Crippen molar-refractivity contribution in [2.24, 2.45) is 0 Å². The third kappa shape index (κ3) is 2.56. The first-order valence-electron chi connectivity index (χ1n) is 6.98. The highest BCUT2D eigenvalue weighted by atomic mass is 32.2. The van der Waals surface area contributed by atoms with Gasteiger partial charge in [0.25, 0.3) is 0 Å². The fraction of sp³-hybridized carbons (Fsp3) is 0.571. The van der Waals surface area contributed by atoms with Crippen molar-refractivity contribution in [2.75, 3.05) is 11.1 Å². The molecule has 0 bridgehead atoms. The zero-order valence-electron chi connectivity index (χ0n) is 11.5. The summed E-state index contributed by atoms with van der Waals surface area (Å²) in [4.78, 5) is 4.56. The standard InChI is InChI=1S/C14H20N4S/c1-3-19-12-8-5-7-11(12)15-14-16-13-9-4-6-10(2)18(13)17-14/h4,6,9,11-12H,3,5,7-8H2,1-2H3,(H,15,17). The number of nitrogens with one attached hydrogen (secondary N) is 1. The van der Waals surface area contributed by atoms with Crippen LogP contribution >= 0.6 is 11.8 Å². The Labute approximate surface area is 118 Å². The van der Waals surface area contributed by atoms with Crippen molar-refractivity contribution in [3.8, 4) is 0 Å². The molecule has 1 N–H and O–H groups in total. The van der Waals surface area contributed by atoms with Crippen molar-refractivity contribution in [3.63, 3.8) is 0 Å². The van der Waals surface area contributed by atoms with Crippen molar-refractivity contribution < 1.29 is 0 Å². The number of thioether (sulfide) groups is 1. The Balaban J connectivity index is 1.79. The van der Waals surface area contributed by atoms with Crippen LogP contribution in [0.3, 0.4) is 0 Å². The van der Waals surface area contributed by atoms with Gasteiger partial charge in [-0.3, -0.25) is 0 Å². The number of hydrogen-bond acceptors (Lipinski definition) is 4. The fourth-order valence-corrected chi connectivity index (χ4v) is 3.97. The van der Waals surface area contributed by atoms with Crippen molar-refractivity contribution in [1.29, 1.82) is 0 Å². The van der Waals surface area contributed by atoms with Crippen molar-refractivity contribution in [2.45, 2.75) is 44.4 Å². The molecule has 0 aliphatic heterocycles. The lowest BCUT2D eigenvalue weighted by molar-refractivity contribution is 0.753. The van der Waals surface area contributed by atoms with E-state index < -0.39 is 0 Å². The van der Waals surface area contributed by atoms with Crippen molar-refractivity contribution >= 4 is 23.4 Å². The first-order chi connectivity index (χ1) is 9.28. The Kier molecular flexibility index (Phi) is 3.64. The number of anilines is 1. The van der Waals surface area contributed by atoms with E-state index in [1.807, 2.05) is 16.6 Å². The molecule has 2 atom stereocenters. The number of hydrogen-bond donors (Lipinski definition) is 1. The Bertz CT molecular complexity index is 566. The molecule has 1 aliphatic carbocycles. The van der Waals surface area contributed by atoms with Gasteiger partial charge in [-0.15, -0.1) is 5.10 Å². The van der Waals surface area contributed by atoms with Crippen LogP contribution in [0.5, 0.6) is 0 Å². The van der Waals surface area contributed by atoms with Gasteiger partial charge in [0.15, 0.2) is 5.65 Å². The average molecular weight is 276 g/mol. The van der Waals surface area contributed by atoms with Gasteiger partial charge in [0.1, 0.15) is 0 Å². The molecule has 0 aromatic carbocycles. The molecule has 0 radical (unpaired) electrons. The molecule has 19 heavy (non-hydrogen) atoms. The maximum absolute atomic E-state index is 4.56. The van der Waals surface area contributed by atoms with Crippen LogP contribution in [0.2, 0.25) is 0 Å². The van der Waals surface area contributed by atoms with E-state index in [0.29, 0.717) is 11.3 Å². The van der Waals surface area contributed by atoms with Crippen LogP contribution < -0.4 is 5.32 Å². The largest absolute Gasteiger partial charge is 0.349 e. The normalized spacial score (nSPS) is 23.1. The van der Waals surface area contributed by atoms with E-state index in [1.165, 1.54) is 25.0 Å². The van der Waals surface area contributed by atoms with Gasteiger partial charge in [-0.1, -0.05) is 19.4 Å². The molecule has 1 saturated carbocycles. The van der Waals surface area contributed by atoms with Gasteiger partial charge in [-0.2, -0.15) is 16.7 Å². The first kappa shape index (κ1) is 12.8. The minimum Gasteiger partial charge on any atom is -0.349 e. The predicted octanol–water partition coefficient (Wildman–Crippen LogP) is 3.12. The molecule has 0 spiro atoms. The van der Waals surface area contributed by atoms with Gasteiger partial charge < -0.3 is 5.32 Å². The lowest BCUT2D eigenvalue weighted by Gasteiger charge is -2.18. The van der Waals surface area contributed by atoms with E-state index in [1.54, 1.807) is 0 Å². The van der Waals surface area contributed by atoms with E-state index in [0.717, 1.165) is 17.3 Å². The second-order valence-electron chi connectivity index (χ2n) is 5.05. The highest BCUT2D eigenvalue weighted by Gasteiger charge is 2.27. The molecule has 102 valence electrons. The third-order valence-electron chi connectivity index (χ3n) is 3.70. The minimum atomic E-state index is 0.516. The monoisotopic (exact) mass is 276 g/mol. The smallest absolute Gasteiger partial charge is 0.243 e. The summed E-state index contributed by atoms with van der Waals surface area (Å²) in [6, 6.07) is 6.59. The lowest BCUT2D eigenvalue weighted by atomic mass is 10.2. The molecule has 2 aromatic rings. The van der Waals surface area contributed by atoms with E-state index in [4.69, 9.17) is 0 Å². The highest BCUT2D eigenvalue weighted by molar-refractivity contribution is 7.99. The van der Waals surface area contributed by atoms with E-state index in [2.05, 4.69) is 47.1 Å². The maximum Gasteiger partial charge on any atom is 0.243 e. The Morgan fingerprint density at radius 3 is 3.11 bits per heavy atom. The number of pyridine rings is 1. The first-order valence-corrected chi connectivity index (χ1v) is 8.03. The fourth-order valence-electron chi connectivity index (χ4n) is 2.77. The molecule has 5 heteroatoms. The third-order valence-corrected chi connectivity index (χ3v) is 5.02. The number of nitrogens with zero attached hydrogens (tertiary/aromatic N) is 3. The second kappa shape index (κ2) is 5.41. The van der Waals surface area contributed by atoms with E-state index in [-0.39, 0.29) is 0 Å². The molecular weight excluding hydrogens is 256 g/mol. The summed E-state index contributed by atoms with van der Waals surface area (Å²) in [6.07, 6.45) is 3.84. The zero-order chi connectivity index (χ0) is 13.2. The summed E-state index contributed by atoms with van der Waals surface area (Å²) in [5.74, 6) is 1.95. The zero-order valence-corrected chi connectivity index (χ0v) is 12.3. The minimum absolute atomic E-state index is 0.516. The van der Waals surface area contributed by atoms with Gasteiger partial charge >= 0.3 is 0 Å². The average Bonchev–Trinajstić information content (AvgIpc) is 2.98. The molecule has 2 unspecified atom stereocenters. The van der Waals surface area contributed by atoms with E-state index >= 15 is 0 Å². The van der Waals surface area contributed by atoms with Crippen LogP contribution in [0.1, 0.15) is 31.9 Å². The van der Waals surface area contributed by atoms with Crippen LogP contribution in [0.4, 0.5) is 5.95 Å². The molecular formula is C14H20N4S. The van der Waals surface area contributed by atoms with Crippen molar-refractivity contribution in [1.82, 2.24) is 14.6 Å². The number of aryl methyl sites for hydroxylation is 1. The lowest BCUT2D eigenvalue weighted by Crippen LogP contribution is -2.26. The van der Waals surface area contributed by atoms with Crippen molar-refractivity contribution in [3.05, 3.63) is 23.9 Å². The van der Waals surface area contributed by atoms with Crippen LogP contribution in [-0.4, -0.2) is 31.6 Å².